The van der Waals surface area contributed by atoms with E-state index >= 15 is 0 Å². The number of hydrogen-bond acceptors (Lipinski definition) is 5. The lowest BCUT2D eigenvalue weighted by molar-refractivity contribution is 0.302. The number of piperidine rings is 1. The van der Waals surface area contributed by atoms with Crippen molar-refractivity contribution in [3.8, 4) is 11.1 Å². The summed E-state index contributed by atoms with van der Waals surface area (Å²) in [4.78, 5) is 3.42. The Morgan fingerprint density at radius 2 is 1.55 bits per heavy atom. The molecule has 1 unspecified atom stereocenters. The van der Waals surface area contributed by atoms with E-state index in [0.29, 0.717) is 5.71 Å². The first kappa shape index (κ1) is 21.0. The molecule has 0 bridgehead atoms. The van der Waals surface area contributed by atoms with Gasteiger partial charge < -0.3 is 5.21 Å². The van der Waals surface area contributed by atoms with Gasteiger partial charge in [0.25, 0.3) is 0 Å². The zero-order chi connectivity index (χ0) is 21.4. The fraction of sp³-hybridized carbons (Fsp3) is 0.240. The third-order valence-corrected chi connectivity index (χ3v) is 8.09. The van der Waals surface area contributed by atoms with Gasteiger partial charge >= 0.3 is 0 Å². The van der Waals surface area contributed by atoms with E-state index in [2.05, 4.69) is 52.8 Å². The molecule has 1 aliphatic carbocycles. The number of fused-ring (bicyclic) bond motifs is 3. The normalized spacial score (nSPS) is 19.4. The van der Waals surface area contributed by atoms with Gasteiger partial charge in [-0.15, -0.1) is 0 Å². The molecule has 1 fully saturated rings. The first-order chi connectivity index (χ1) is 15.1. The van der Waals surface area contributed by atoms with Gasteiger partial charge in [0.2, 0.25) is 0 Å². The van der Waals surface area contributed by atoms with Gasteiger partial charge in [0.05, 0.1) is 0 Å². The van der Waals surface area contributed by atoms with Crippen molar-refractivity contribution >= 4 is 41.0 Å². The largest absolute Gasteiger partial charge is 0.410 e. The summed E-state index contributed by atoms with van der Waals surface area (Å²) in [7, 11) is 0. The molecule has 0 radical (unpaired) electrons. The predicted molar refractivity (Wildman–Crippen MR) is 131 cm³/mol. The van der Waals surface area contributed by atoms with Gasteiger partial charge in [0, 0.05) is 43.9 Å². The van der Waals surface area contributed by atoms with Gasteiger partial charge in [0.15, 0.2) is 0 Å². The van der Waals surface area contributed by atoms with E-state index < -0.39 is 0 Å². The summed E-state index contributed by atoms with van der Waals surface area (Å²) >= 11 is 9.49. The smallest absolute Gasteiger partial charge is 0.118 e. The third kappa shape index (κ3) is 4.37. The third-order valence-electron chi connectivity index (χ3n) is 5.79. The van der Waals surface area contributed by atoms with Crippen LogP contribution >= 0.6 is 35.3 Å². The van der Waals surface area contributed by atoms with E-state index in [-0.39, 0.29) is 0 Å². The van der Waals surface area contributed by atoms with Gasteiger partial charge in [0.1, 0.15) is 5.71 Å². The summed E-state index contributed by atoms with van der Waals surface area (Å²) in [6.07, 6.45) is 2.57. The molecule has 0 saturated carbocycles. The van der Waals surface area contributed by atoms with Crippen LogP contribution in [0.25, 0.3) is 11.1 Å². The van der Waals surface area contributed by atoms with E-state index in [1.807, 2.05) is 36.2 Å². The number of oxime groups is 1. The fourth-order valence-electron chi connectivity index (χ4n) is 4.30. The molecule has 2 aliphatic rings. The Labute approximate surface area is 196 Å². The highest BCUT2D eigenvalue weighted by Gasteiger charge is 2.27. The van der Waals surface area contributed by atoms with Crippen LogP contribution in [0.1, 0.15) is 30.9 Å². The van der Waals surface area contributed by atoms with Gasteiger partial charge in [-0.1, -0.05) is 47.6 Å². The van der Waals surface area contributed by atoms with Gasteiger partial charge in [-0.2, -0.15) is 0 Å². The predicted octanol–water partition coefficient (Wildman–Crippen LogP) is 7.44. The molecule has 1 N–H and O–H groups in total. The van der Waals surface area contributed by atoms with Crippen LogP contribution in [0.3, 0.4) is 0 Å². The molecule has 31 heavy (non-hydrogen) atoms. The standard InChI is InChI=1S/C25H23ClN2OS2/c1-16-3-2-12-28(15-16)31-20-9-11-22-21-10-8-19(30-18-6-4-17(26)5-7-18)13-23(21)25(27-29)24(22)14-20/h4-11,13-14,16,29H,2-3,12,15H2,1H3/b27-25-. The van der Waals surface area contributed by atoms with Crippen molar-refractivity contribution in [3.63, 3.8) is 0 Å². The van der Waals surface area contributed by atoms with Crippen molar-refractivity contribution < 1.29 is 5.21 Å². The van der Waals surface area contributed by atoms with Gasteiger partial charge in [-0.3, -0.25) is 0 Å². The van der Waals surface area contributed by atoms with Crippen molar-refractivity contribution in [2.24, 2.45) is 11.1 Å². The maximum atomic E-state index is 9.87. The molecule has 0 spiro atoms. The van der Waals surface area contributed by atoms with Crippen molar-refractivity contribution in [1.82, 2.24) is 4.31 Å². The lowest BCUT2D eigenvalue weighted by Crippen LogP contribution is -2.28. The highest BCUT2D eigenvalue weighted by Crippen LogP contribution is 2.42. The molecule has 3 aromatic rings. The Morgan fingerprint density at radius 1 is 0.903 bits per heavy atom. The summed E-state index contributed by atoms with van der Waals surface area (Å²) in [6, 6.07) is 20.7. The topological polar surface area (TPSA) is 35.8 Å². The molecule has 1 saturated heterocycles. The summed E-state index contributed by atoms with van der Waals surface area (Å²) in [5.74, 6) is 0.742. The van der Waals surface area contributed by atoms with Crippen LogP contribution in [-0.2, 0) is 0 Å². The molecule has 158 valence electrons. The summed E-state index contributed by atoms with van der Waals surface area (Å²) in [6.45, 7) is 4.56. The molecule has 0 aromatic heterocycles. The van der Waals surface area contributed by atoms with Crippen LogP contribution in [-0.4, -0.2) is 28.3 Å². The first-order valence-electron chi connectivity index (χ1n) is 10.5. The number of rotatable bonds is 4. The van der Waals surface area contributed by atoms with Crippen molar-refractivity contribution in [3.05, 3.63) is 76.8 Å². The summed E-state index contributed by atoms with van der Waals surface area (Å²) < 4.78 is 2.45. The summed E-state index contributed by atoms with van der Waals surface area (Å²) in [5.41, 5.74) is 4.87. The van der Waals surface area contributed by atoms with Crippen molar-refractivity contribution in [2.45, 2.75) is 34.5 Å². The number of nitrogens with zero attached hydrogens (tertiary/aromatic N) is 2. The molecule has 1 heterocycles. The molecular formula is C25H23ClN2OS2. The minimum Gasteiger partial charge on any atom is -0.410 e. The average molecular weight is 467 g/mol. The fourth-order valence-corrected chi connectivity index (χ4v) is 6.43. The highest BCUT2D eigenvalue weighted by atomic mass is 35.5. The van der Waals surface area contributed by atoms with E-state index in [0.717, 1.165) is 56.1 Å². The maximum Gasteiger partial charge on any atom is 0.118 e. The van der Waals surface area contributed by atoms with Crippen LogP contribution in [0.5, 0.6) is 0 Å². The minimum absolute atomic E-state index is 0.651. The Balaban J connectivity index is 1.42. The zero-order valence-electron chi connectivity index (χ0n) is 17.2. The molecular weight excluding hydrogens is 444 g/mol. The van der Waals surface area contributed by atoms with Crippen LogP contribution in [0.15, 0.2) is 80.5 Å². The van der Waals surface area contributed by atoms with E-state index in [1.54, 1.807) is 11.8 Å². The molecule has 3 nitrogen and oxygen atoms in total. The van der Waals surface area contributed by atoms with Gasteiger partial charge in [-0.25, -0.2) is 4.31 Å². The second-order valence-corrected chi connectivity index (χ2v) is 10.9. The highest BCUT2D eigenvalue weighted by molar-refractivity contribution is 7.99. The minimum atomic E-state index is 0.651. The monoisotopic (exact) mass is 466 g/mol. The van der Waals surface area contributed by atoms with Crippen LogP contribution in [0.4, 0.5) is 0 Å². The lowest BCUT2D eigenvalue weighted by atomic mass is 10.0. The molecule has 1 aliphatic heterocycles. The SMILES string of the molecule is CC1CCCN(Sc2ccc3c(c2)/C(=N\O)c2cc(Sc4ccc(Cl)cc4)ccc2-3)C1. The Bertz CT molecular complexity index is 1150. The number of halogens is 1. The molecule has 1 atom stereocenters. The lowest BCUT2D eigenvalue weighted by Gasteiger charge is -2.29. The van der Waals surface area contributed by atoms with E-state index in [9.17, 15) is 5.21 Å². The van der Waals surface area contributed by atoms with Crippen molar-refractivity contribution in [1.29, 1.82) is 0 Å². The zero-order valence-corrected chi connectivity index (χ0v) is 19.6. The Morgan fingerprint density at radius 3 is 2.23 bits per heavy atom. The molecule has 3 aromatic carbocycles. The molecule has 6 heteroatoms. The van der Waals surface area contributed by atoms with Crippen molar-refractivity contribution in [2.75, 3.05) is 13.1 Å². The first-order valence-corrected chi connectivity index (χ1v) is 12.4. The second-order valence-electron chi connectivity index (χ2n) is 8.15. The maximum absolute atomic E-state index is 9.87. The molecule has 0 amide bonds. The van der Waals surface area contributed by atoms with Gasteiger partial charge in [-0.05, 0) is 90.4 Å². The molecule has 5 rings (SSSR count). The summed E-state index contributed by atoms with van der Waals surface area (Å²) in [5, 5.41) is 14.3. The van der Waals surface area contributed by atoms with Crippen LogP contribution < -0.4 is 0 Å². The number of hydrogen-bond donors (Lipinski definition) is 1. The van der Waals surface area contributed by atoms with E-state index in [4.69, 9.17) is 11.6 Å². The number of benzene rings is 3. The van der Waals surface area contributed by atoms with Crippen LogP contribution in [0.2, 0.25) is 5.02 Å². The Kier molecular flexibility index (Phi) is 6.02. The quantitative estimate of drug-likeness (QED) is 0.192. The second kappa shape index (κ2) is 8.91. The van der Waals surface area contributed by atoms with Crippen LogP contribution in [0, 0.1) is 5.92 Å². The van der Waals surface area contributed by atoms with E-state index in [1.165, 1.54) is 17.7 Å². The average Bonchev–Trinajstić information content (AvgIpc) is 3.07. The Hall–Kier alpha value is -1.92.